The van der Waals surface area contributed by atoms with Crippen LogP contribution in [-0.2, 0) is 23.1 Å². The highest BCUT2D eigenvalue weighted by molar-refractivity contribution is 7.72. The summed E-state index contributed by atoms with van der Waals surface area (Å²) in [7, 11) is -22.9. The van der Waals surface area contributed by atoms with Gasteiger partial charge in [-0.05, 0) is 26.8 Å². The molecule has 0 atom stereocenters. The Bertz CT molecular complexity index is 652. The maximum Gasteiger partial charge on any atom is 0.395 e. The molecule has 0 fully saturated rings. The number of aliphatic carboxylic acids is 1. The van der Waals surface area contributed by atoms with Crippen molar-refractivity contribution >= 4 is 36.4 Å². The molecule has 0 radical (unpaired) electrons. The Kier molecular flexibility index (Phi) is 12.6. The van der Waals surface area contributed by atoms with E-state index in [1.807, 2.05) is 0 Å². The Hall–Kier alpha value is -0.0100. The van der Waals surface area contributed by atoms with Crippen molar-refractivity contribution in [2.45, 2.75) is 37.7 Å². The number of carbonyl (C=O) groups is 1. The second-order valence-electron chi connectivity index (χ2n) is 6.07. The summed E-state index contributed by atoms with van der Waals surface area (Å²) >= 11 is 0. The molecule has 0 aliphatic carbocycles. The number of rotatable bonds is 11. The van der Waals surface area contributed by atoms with Gasteiger partial charge in [0.25, 0.3) is 11.0 Å². The van der Waals surface area contributed by atoms with Gasteiger partial charge < -0.3 is 50.0 Å². The van der Waals surface area contributed by atoms with Crippen LogP contribution in [0, 0.1) is 0 Å². The largest absolute Gasteiger partial charge is 0.481 e. The fourth-order valence-corrected chi connectivity index (χ4v) is 10.6. The maximum absolute atomic E-state index is 11.6. The normalized spacial score (nSPS) is 13.9. The Morgan fingerprint density at radius 1 is 0.767 bits per heavy atom. The zero-order chi connectivity index (χ0) is 24.8. The Balaban J connectivity index is 0. The minimum absolute atomic E-state index is 0.191. The summed E-state index contributed by atoms with van der Waals surface area (Å²) in [6.45, 7) is 1.02. The third-order valence-electron chi connectivity index (χ3n) is 3.90. The van der Waals surface area contributed by atoms with E-state index in [1.165, 1.54) is 0 Å². The van der Waals surface area contributed by atoms with Gasteiger partial charge in [-0.25, -0.2) is 0 Å². The molecule has 0 aliphatic rings. The molecule has 182 valence electrons. The highest BCUT2D eigenvalue weighted by Gasteiger charge is 2.68. The molecule has 0 heterocycles. The van der Waals surface area contributed by atoms with E-state index in [0.717, 1.165) is 13.8 Å². The van der Waals surface area contributed by atoms with Crippen molar-refractivity contribution in [3.63, 3.8) is 0 Å². The molecule has 11 N–H and O–H groups in total. The first-order valence-electron chi connectivity index (χ1n) is 8.12. The third kappa shape index (κ3) is 9.64. The number of carboxylic acid groups (broad SMARTS) is 1. The molecule has 30 heavy (non-hydrogen) atoms. The van der Waals surface area contributed by atoms with Crippen molar-refractivity contribution in [2.75, 3.05) is 19.6 Å². The summed E-state index contributed by atoms with van der Waals surface area (Å²) < 4.78 is 44.5. The average Bonchev–Trinajstić information content (AvgIpc) is 2.46. The molecule has 16 nitrogen and oxygen atoms in total. The summed E-state index contributed by atoms with van der Waals surface area (Å²) in [4.78, 5) is 84.0. The van der Waals surface area contributed by atoms with E-state index in [9.17, 15) is 62.2 Å². The molecule has 0 aromatic carbocycles. The topological polar surface area (TPSA) is 293 Å². The molecule has 0 spiro atoms. The number of hydrogen-bond donors (Lipinski definition) is 10. The second-order valence-corrected chi connectivity index (χ2v) is 13.6. The van der Waals surface area contributed by atoms with Gasteiger partial charge >= 0.3 is 36.4 Å². The van der Waals surface area contributed by atoms with Crippen LogP contribution in [0.5, 0.6) is 0 Å². The summed E-state index contributed by atoms with van der Waals surface area (Å²) in [6.07, 6.45) is 0.770. The average molecular weight is 525 g/mol. The number of hydrogen-bond acceptors (Lipinski definition) is 6. The second kappa shape index (κ2) is 11.7. The van der Waals surface area contributed by atoms with E-state index in [2.05, 4.69) is 0 Å². The predicted octanol–water partition coefficient (Wildman–Crippen LogP) is -1.07. The van der Waals surface area contributed by atoms with Crippen molar-refractivity contribution in [3.05, 3.63) is 0 Å². The number of nitrogens with zero attached hydrogens (tertiary/aromatic N) is 1. The van der Waals surface area contributed by atoms with Gasteiger partial charge in [0, 0.05) is 6.42 Å². The van der Waals surface area contributed by atoms with E-state index < -0.39 is 65.0 Å². The first-order valence-corrected chi connectivity index (χ1v) is 14.8. The minimum Gasteiger partial charge on any atom is -0.481 e. The molecule has 0 unspecified atom stereocenters. The van der Waals surface area contributed by atoms with E-state index in [1.54, 1.807) is 0 Å². The van der Waals surface area contributed by atoms with Crippen LogP contribution < -0.4 is 5.73 Å². The van der Waals surface area contributed by atoms with Crippen molar-refractivity contribution < 1.29 is 71.8 Å². The van der Waals surface area contributed by atoms with Gasteiger partial charge in [-0.1, -0.05) is 0 Å². The van der Waals surface area contributed by atoms with Gasteiger partial charge in [-0.15, -0.1) is 0 Å². The van der Waals surface area contributed by atoms with Gasteiger partial charge in [0.05, 0.1) is 13.1 Å². The number of quaternary nitrogens is 1. The van der Waals surface area contributed by atoms with Crippen LogP contribution in [0.25, 0.3) is 0 Å². The smallest absolute Gasteiger partial charge is 0.395 e. The predicted molar refractivity (Wildman–Crippen MR) is 103 cm³/mol. The van der Waals surface area contributed by atoms with E-state index in [4.69, 9.17) is 10.8 Å². The Morgan fingerprint density at radius 3 is 1.13 bits per heavy atom. The van der Waals surface area contributed by atoms with E-state index in [-0.39, 0.29) is 6.42 Å². The number of nitrogens with two attached hydrogens (primary N) is 1. The lowest BCUT2D eigenvalue weighted by Crippen LogP contribution is -2.60. The van der Waals surface area contributed by atoms with Crippen molar-refractivity contribution in [3.8, 4) is 0 Å². The standard InChI is InChI=1S/C6H19NO12P4.C4H9NO2/c1-3-7(4-2,5(20(8,9)10)21(11,12)13)6(22(14,15)16)23(17,18)19;5-3-1-2-4(6)7/h5-6H,3-4H2,1-2H3,(H7-,8,9,10,11,12,13,14,15,16,17,18,19);1-3,5H2,(H,6,7)/p+1. The molecule has 0 amide bonds. The number of carboxylic acids is 1. The lowest BCUT2D eigenvalue weighted by atomic mass is 10.3. The fourth-order valence-electron chi connectivity index (χ4n) is 2.84. The molecule has 0 aliphatic heterocycles. The minimum atomic E-state index is -5.72. The molecular formula is C10H29N2O14P4+. The van der Waals surface area contributed by atoms with Crippen LogP contribution in [0.1, 0.15) is 26.7 Å². The highest BCUT2D eigenvalue weighted by Crippen LogP contribution is 2.71. The SMILES string of the molecule is CC[N+](CC)(C(P(=O)(O)O)P(=O)(O)O)C(P(=O)(O)O)P(=O)(O)O.NCCCC(=O)O. The van der Waals surface area contributed by atoms with Crippen molar-refractivity contribution in [1.29, 1.82) is 0 Å². The molecule has 0 saturated carbocycles. The molecule has 0 aromatic rings. The van der Waals surface area contributed by atoms with Gasteiger partial charge in [-0.2, -0.15) is 0 Å². The Labute approximate surface area is 172 Å². The zero-order valence-electron chi connectivity index (χ0n) is 16.1. The first kappa shape index (κ1) is 32.2. The molecule has 0 rings (SSSR count). The van der Waals surface area contributed by atoms with Gasteiger partial charge in [0.2, 0.25) is 0 Å². The fraction of sp³-hybridized carbons (Fsp3) is 0.900. The summed E-state index contributed by atoms with van der Waals surface area (Å²) in [5.41, 5.74) is -1.05. The zero-order valence-corrected chi connectivity index (χ0v) is 19.6. The van der Waals surface area contributed by atoms with Crippen LogP contribution in [0.4, 0.5) is 0 Å². The van der Waals surface area contributed by atoms with Crippen LogP contribution in [0.2, 0.25) is 0 Å². The van der Waals surface area contributed by atoms with Gasteiger partial charge in [0.1, 0.15) is 0 Å². The summed E-state index contributed by atoms with van der Waals surface area (Å²) in [5.74, 6) is -0.773. The quantitative estimate of drug-likeness (QED) is 0.113. The maximum atomic E-state index is 11.6. The highest BCUT2D eigenvalue weighted by atomic mass is 31.2. The van der Waals surface area contributed by atoms with Crippen molar-refractivity contribution in [2.24, 2.45) is 5.73 Å². The van der Waals surface area contributed by atoms with Crippen molar-refractivity contribution in [1.82, 2.24) is 0 Å². The van der Waals surface area contributed by atoms with Crippen LogP contribution >= 0.6 is 30.4 Å². The van der Waals surface area contributed by atoms with E-state index in [0.29, 0.717) is 13.0 Å². The molecule has 20 heteroatoms. The lowest BCUT2D eigenvalue weighted by Gasteiger charge is -2.47. The van der Waals surface area contributed by atoms with Crippen LogP contribution in [0.15, 0.2) is 0 Å². The molecular weight excluding hydrogens is 496 g/mol. The van der Waals surface area contributed by atoms with Crippen LogP contribution in [-0.4, -0.2) is 85.4 Å². The summed E-state index contributed by atoms with van der Waals surface area (Å²) in [5, 5.41) is 7.99. The molecule has 0 saturated heterocycles. The van der Waals surface area contributed by atoms with Crippen LogP contribution in [0.3, 0.4) is 0 Å². The monoisotopic (exact) mass is 525 g/mol. The lowest BCUT2D eigenvalue weighted by molar-refractivity contribution is -0.927. The van der Waals surface area contributed by atoms with Gasteiger partial charge in [0.15, 0.2) is 0 Å². The third-order valence-corrected chi connectivity index (χ3v) is 11.8. The summed E-state index contributed by atoms with van der Waals surface area (Å²) in [6, 6.07) is 0. The first-order chi connectivity index (χ1) is 13.1. The molecule has 0 aromatic heterocycles. The Morgan fingerprint density at radius 2 is 1.03 bits per heavy atom. The van der Waals surface area contributed by atoms with E-state index >= 15 is 0 Å². The van der Waals surface area contributed by atoms with Gasteiger partial charge in [-0.3, -0.25) is 27.5 Å². The molecule has 0 bridgehead atoms.